The van der Waals surface area contributed by atoms with E-state index in [-0.39, 0.29) is 16.9 Å². The standard InChI is InChI=1S/C21H38N4O2S/c1-20(2)17(14-21(20,3)27-5)24-19(22-4)23-16-8-6-15(7-9-16)18(26)25-10-12-28-13-11-25/h15-17H,6-14H2,1-5H3,(H2,22,23,24). The predicted molar refractivity (Wildman–Crippen MR) is 117 cm³/mol. The average Bonchev–Trinajstić information content (AvgIpc) is 2.73. The molecule has 3 rings (SSSR count). The normalized spacial score (nSPS) is 35.8. The van der Waals surface area contributed by atoms with Crippen molar-refractivity contribution in [1.82, 2.24) is 15.5 Å². The van der Waals surface area contributed by atoms with Gasteiger partial charge in [0.2, 0.25) is 5.91 Å². The SMILES string of the molecule is CN=C(NC1CCC(C(=O)N2CCSCC2)CC1)NC1CC(C)(OC)C1(C)C. The van der Waals surface area contributed by atoms with Gasteiger partial charge in [0.1, 0.15) is 0 Å². The minimum Gasteiger partial charge on any atom is -0.378 e. The van der Waals surface area contributed by atoms with E-state index in [1.807, 2.05) is 18.8 Å². The first-order chi connectivity index (χ1) is 13.3. The van der Waals surface area contributed by atoms with E-state index in [4.69, 9.17) is 4.74 Å². The van der Waals surface area contributed by atoms with Crippen LogP contribution in [0.2, 0.25) is 0 Å². The Hall–Kier alpha value is -0.950. The van der Waals surface area contributed by atoms with Gasteiger partial charge >= 0.3 is 0 Å². The van der Waals surface area contributed by atoms with Gasteiger partial charge in [-0.05, 0) is 39.0 Å². The second-order valence-corrected chi connectivity index (χ2v) is 10.5. The molecule has 1 heterocycles. The molecule has 1 aliphatic heterocycles. The molecule has 2 N–H and O–H groups in total. The third-order valence-corrected chi connectivity index (χ3v) is 8.50. The van der Waals surface area contributed by atoms with E-state index in [2.05, 4.69) is 41.3 Å². The Balaban J connectivity index is 1.45. The number of aliphatic imine (C=N–C) groups is 1. The molecule has 1 amide bonds. The summed E-state index contributed by atoms with van der Waals surface area (Å²) in [4.78, 5) is 19.3. The van der Waals surface area contributed by atoms with Crippen molar-refractivity contribution in [1.29, 1.82) is 0 Å². The maximum atomic E-state index is 12.7. The summed E-state index contributed by atoms with van der Waals surface area (Å²) in [5.74, 6) is 3.65. The van der Waals surface area contributed by atoms with Gasteiger partial charge in [-0.3, -0.25) is 9.79 Å². The van der Waals surface area contributed by atoms with Crippen LogP contribution in [0.3, 0.4) is 0 Å². The van der Waals surface area contributed by atoms with Crippen molar-refractivity contribution in [2.45, 2.75) is 70.6 Å². The molecule has 1 saturated heterocycles. The van der Waals surface area contributed by atoms with Gasteiger partial charge < -0.3 is 20.3 Å². The highest BCUT2D eigenvalue weighted by atomic mass is 32.2. The number of amides is 1. The van der Waals surface area contributed by atoms with E-state index in [9.17, 15) is 4.79 Å². The van der Waals surface area contributed by atoms with E-state index in [0.717, 1.165) is 62.7 Å². The van der Waals surface area contributed by atoms with Crippen LogP contribution in [0.4, 0.5) is 0 Å². The molecule has 0 aromatic carbocycles. The minimum atomic E-state index is -0.0884. The van der Waals surface area contributed by atoms with E-state index >= 15 is 0 Å². The van der Waals surface area contributed by atoms with Crippen molar-refractivity contribution in [2.24, 2.45) is 16.3 Å². The molecule has 160 valence electrons. The van der Waals surface area contributed by atoms with Crippen molar-refractivity contribution >= 4 is 23.6 Å². The number of hydrogen-bond acceptors (Lipinski definition) is 4. The summed E-state index contributed by atoms with van der Waals surface area (Å²) in [7, 11) is 3.63. The summed E-state index contributed by atoms with van der Waals surface area (Å²) in [6.45, 7) is 8.54. The van der Waals surface area contributed by atoms with Crippen molar-refractivity contribution in [3.05, 3.63) is 0 Å². The molecule has 7 heteroatoms. The third-order valence-electron chi connectivity index (χ3n) is 7.55. The highest BCUT2D eigenvalue weighted by Gasteiger charge is 2.58. The first-order valence-corrected chi connectivity index (χ1v) is 11.9. The Morgan fingerprint density at radius 1 is 1.11 bits per heavy atom. The lowest BCUT2D eigenvalue weighted by Crippen LogP contribution is -2.69. The van der Waals surface area contributed by atoms with E-state index in [1.54, 1.807) is 7.11 Å². The monoisotopic (exact) mass is 410 g/mol. The van der Waals surface area contributed by atoms with Gasteiger partial charge in [0, 0.05) is 62.2 Å². The Morgan fingerprint density at radius 2 is 1.75 bits per heavy atom. The molecule has 2 unspecified atom stereocenters. The van der Waals surface area contributed by atoms with Crippen molar-refractivity contribution in [3.63, 3.8) is 0 Å². The van der Waals surface area contributed by atoms with Crippen LogP contribution in [0.5, 0.6) is 0 Å². The number of carbonyl (C=O) groups is 1. The summed E-state index contributed by atoms with van der Waals surface area (Å²) in [5.41, 5.74) is -0.0366. The quantitative estimate of drug-likeness (QED) is 0.551. The van der Waals surface area contributed by atoms with Crippen LogP contribution >= 0.6 is 11.8 Å². The zero-order valence-electron chi connectivity index (χ0n) is 18.2. The second kappa shape index (κ2) is 8.82. The Bertz CT molecular complexity index is 583. The number of hydrogen-bond donors (Lipinski definition) is 2. The molecule has 2 saturated carbocycles. The fourth-order valence-electron chi connectivity index (χ4n) is 4.78. The molecule has 0 radical (unpaired) electrons. The second-order valence-electron chi connectivity index (χ2n) is 9.26. The van der Waals surface area contributed by atoms with Crippen LogP contribution in [0, 0.1) is 11.3 Å². The van der Waals surface area contributed by atoms with Gasteiger partial charge in [0.15, 0.2) is 5.96 Å². The number of guanidine groups is 1. The molecule has 0 aromatic rings. The molecule has 3 fully saturated rings. The highest BCUT2D eigenvalue weighted by Crippen LogP contribution is 2.51. The number of nitrogens with one attached hydrogen (secondary N) is 2. The molecule has 2 atom stereocenters. The molecule has 0 spiro atoms. The molecule has 28 heavy (non-hydrogen) atoms. The molecular formula is C21H38N4O2S. The van der Waals surface area contributed by atoms with Gasteiger partial charge in [0.05, 0.1) is 5.60 Å². The fourth-order valence-corrected chi connectivity index (χ4v) is 5.68. The van der Waals surface area contributed by atoms with Gasteiger partial charge in [-0.25, -0.2) is 0 Å². The molecule has 0 aromatic heterocycles. The number of methoxy groups -OCH3 is 1. The first-order valence-electron chi connectivity index (χ1n) is 10.7. The molecular weight excluding hydrogens is 372 g/mol. The Labute approximate surface area is 174 Å². The number of nitrogens with zero attached hydrogens (tertiary/aromatic N) is 2. The highest BCUT2D eigenvalue weighted by molar-refractivity contribution is 7.99. The number of thioether (sulfide) groups is 1. The minimum absolute atomic E-state index is 0.0518. The van der Waals surface area contributed by atoms with E-state index in [1.165, 1.54) is 0 Å². The van der Waals surface area contributed by atoms with Gasteiger partial charge in [-0.2, -0.15) is 11.8 Å². The largest absolute Gasteiger partial charge is 0.378 e. The average molecular weight is 411 g/mol. The van der Waals surface area contributed by atoms with Gasteiger partial charge in [-0.1, -0.05) is 13.8 Å². The van der Waals surface area contributed by atoms with Gasteiger partial charge in [0.25, 0.3) is 0 Å². The van der Waals surface area contributed by atoms with Crippen LogP contribution in [-0.4, -0.2) is 73.2 Å². The summed E-state index contributed by atoms with van der Waals surface area (Å²) in [6.07, 6.45) is 5.00. The Morgan fingerprint density at radius 3 is 2.29 bits per heavy atom. The first kappa shape index (κ1) is 21.8. The van der Waals surface area contributed by atoms with Crippen molar-refractivity contribution in [3.8, 4) is 0 Å². The maximum Gasteiger partial charge on any atom is 0.225 e. The maximum absolute atomic E-state index is 12.7. The van der Waals surface area contributed by atoms with E-state index in [0.29, 0.717) is 18.0 Å². The number of carbonyl (C=O) groups excluding carboxylic acids is 1. The Kier molecular flexibility index (Phi) is 6.85. The summed E-state index contributed by atoms with van der Waals surface area (Å²) in [5, 5.41) is 7.19. The summed E-state index contributed by atoms with van der Waals surface area (Å²) >= 11 is 1.95. The number of rotatable bonds is 4. The zero-order valence-corrected chi connectivity index (χ0v) is 19.0. The van der Waals surface area contributed by atoms with E-state index < -0.39 is 0 Å². The lowest BCUT2D eigenvalue weighted by Gasteiger charge is -2.59. The molecule has 0 bridgehead atoms. The third kappa shape index (κ3) is 4.30. The lowest BCUT2D eigenvalue weighted by molar-refractivity contribution is -0.176. The topological polar surface area (TPSA) is 66.0 Å². The van der Waals surface area contributed by atoms with Crippen molar-refractivity contribution < 1.29 is 9.53 Å². The van der Waals surface area contributed by atoms with Crippen LogP contribution in [0.25, 0.3) is 0 Å². The van der Waals surface area contributed by atoms with Crippen LogP contribution in [0.15, 0.2) is 4.99 Å². The summed E-state index contributed by atoms with van der Waals surface area (Å²) in [6, 6.07) is 0.739. The smallest absolute Gasteiger partial charge is 0.225 e. The van der Waals surface area contributed by atoms with Crippen LogP contribution in [-0.2, 0) is 9.53 Å². The molecule has 2 aliphatic carbocycles. The summed E-state index contributed by atoms with van der Waals surface area (Å²) < 4.78 is 5.73. The van der Waals surface area contributed by atoms with Crippen LogP contribution < -0.4 is 10.6 Å². The van der Waals surface area contributed by atoms with Crippen LogP contribution in [0.1, 0.15) is 52.9 Å². The van der Waals surface area contributed by atoms with Crippen molar-refractivity contribution in [2.75, 3.05) is 38.8 Å². The zero-order chi connectivity index (χ0) is 20.4. The van der Waals surface area contributed by atoms with Gasteiger partial charge in [-0.15, -0.1) is 0 Å². The number of ether oxygens (including phenoxy) is 1. The lowest BCUT2D eigenvalue weighted by atomic mass is 9.56. The molecule has 6 nitrogen and oxygen atoms in total. The fraction of sp³-hybridized carbons (Fsp3) is 0.905. The molecule has 3 aliphatic rings. The predicted octanol–water partition coefficient (Wildman–Crippen LogP) is 2.49.